The number of rotatable bonds is 6. The third-order valence-corrected chi connectivity index (χ3v) is 8.32. The van der Waals surface area contributed by atoms with Gasteiger partial charge in [-0.05, 0) is 79.0 Å². The van der Waals surface area contributed by atoms with Gasteiger partial charge in [0.15, 0.2) is 5.60 Å². The van der Waals surface area contributed by atoms with Crippen LogP contribution in [0.3, 0.4) is 0 Å². The Kier molecular flexibility index (Phi) is 5.45. The number of nitrogens with zero attached hydrogens (tertiary/aromatic N) is 3. The quantitative estimate of drug-likeness (QED) is 0.120. The van der Waals surface area contributed by atoms with Gasteiger partial charge in [0.2, 0.25) is 0 Å². The first-order valence-corrected chi connectivity index (χ1v) is 12.1. The zero-order valence-electron chi connectivity index (χ0n) is 19.5. The number of carbonyl (C=O) groups is 1. The Labute approximate surface area is 202 Å². The molecule has 2 aromatic carbocycles. The first kappa shape index (κ1) is 22.4. The van der Waals surface area contributed by atoms with E-state index in [-0.39, 0.29) is 6.61 Å². The smallest absolute Gasteiger partial charge is 0.429 e. The molecule has 0 amide bonds. The zero-order valence-corrected chi connectivity index (χ0v) is 19.5. The molecule has 2 aromatic rings. The monoisotopic (exact) mass is 477 g/mol. The number of carbonyl (C=O) groups excluding carboxylic acids is 1. The molecule has 0 N–H and O–H groups in total. The lowest BCUT2D eigenvalue weighted by molar-refractivity contribution is -0.645. The third kappa shape index (κ3) is 3.50. The fraction of sp³-hybridized carbons (Fsp3) is 0.500. The Balaban J connectivity index is 1.17. The lowest BCUT2D eigenvalue weighted by atomic mass is 9.47. The van der Waals surface area contributed by atoms with Gasteiger partial charge in [0, 0.05) is 23.3 Å². The van der Waals surface area contributed by atoms with Crippen LogP contribution in [-0.2, 0) is 31.6 Å². The molecular weight excluding hydrogens is 450 g/mol. The summed E-state index contributed by atoms with van der Waals surface area (Å²) in [5.74, 6) is 1.67. The molecule has 7 rings (SSSR count). The standard InChI is InChI=1S/C26H27N3O6/c1-31-26(25(34-35-26)20-10-17-9-18(12-20)13-21(25)11-17)19-3-2-4-23(14-19)33-24(30)32-15-16-5-7-22(8-6-16)28-29-27/h2-8,14,17-18,20-21H,9-13,15H2,1H3. The van der Waals surface area contributed by atoms with Crippen molar-refractivity contribution in [2.24, 2.45) is 28.8 Å². The predicted octanol–water partition coefficient (Wildman–Crippen LogP) is 6.30. The Morgan fingerprint density at radius 3 is 2.37 bits per heavy atom. The van der Waals surface area contributed by atoms with Crippen LogP contribution in [0.5, 0.6) is 5.75 Å². The summed E-state index contributed by atoms with van der Waals surface area (Å²) < 4.78 is 16.8. The molecule has 1 unspecified atom stereocenters. The fourth-order valence-corrected chi connectivity index (χ4v) is 7.10. The molecule has 1 atom stereocenters. The molecule has 4 bridgehead atoms. The summed E-state index contributed by atoms with van der Waals surface area (Å²) >= 11 is 0. The van der Waals surface area contributed by atoms with Crippen LogP contribution in [0.2, 0.25) is 0 Å². The molecule has 1 spiro atoms. The minimum atomic E-state index is -1.02. The van der Waals surface area contributed by atoms with E-state index in [4.69, 9.17) is 29.5 Å². The van der Waals surface area contributed by atoms with Crippen LogP contribution >= 0.6 is 0 Å². The van der Waals surface area contributed by atoms with Crippen molar-refractivity contribution in [1.29, 1.82) is 0 Å². The second kappa shape index (κ2) is 8.53. The molecule has 1 aliphatic heterocycles. The van der Waals surface area contributed by atoms with Gasteiger partial charge >= 0.3 is 6.16 Å². The van der Waals surface area contributed by atoms with Crippen LogP contribution in [-0.4, -0.2) is 18.9 Å². The highest BCUT2D eigenvalue weighted by Crippen LogP contribution is 2.69. The summed E-state index contributed by atoms with van der Waals surface area (Å²) in [6.07, 6.45) is 5.11. The Morgan fingerprint density at radius 2 is 1.77 bits per heavy atom. The van der Waals surface area contributed by atoms with Crippen molar-refractivity contribution in [2.45, 2.75) is 50.1 Å². The molecule has 4 saturated carbocycles. The van der Waals surface area contributed by atoms with E-state index >= 15 is 0 Å². The van der Waals surface area contributed by atoms with Crippen LogP contribution in [0.1, 0.15) is 43.2 Å². The molecule has 1 saturated heterocycles. The molecule has 9 heteroatoms. The third-order valence-electron chi connectivity index (χ3n) is 8.32. The van der Waals surface area contributed by atoms with Crippen molar-refractivity contribution in [3.63, 3.8) is 0 Å². The van der Waals surface area contributed by atoms with Crippen LogP contribution in [0.15, 0.2) is 53.6 Å². The summed E-state index contributed by atoms with van der Waals surface area (Å²) in [5.41, 5.74) is 9.99. The van der Waals surface area contributed by atoms with Gasteiger partial charge in [-0.25, -0.2) is 9.68 Å². The van der Waals surface area contributed by atoms with E-state index in [2.05, 4.69) is 10.0 Å². The number of benzene rings is 2. The Hall–Kier alpha value is -3.10. The molecule has 5 aliphatic rings. The molecule has 35 heavy (non-hydrogen) atoms. The highest BCUT2D eigenvalue weighted by Gasteiger charge is 2.76. The van der Waals surface area contributed by atoms with Crippen molar-refractivity contribution < 1.29 is 28.8 Å². The van der Waals surface area contributed by atoms with E-state index < -0.39 is 17.5 Å². The summed E-state index contributed by atoms with van der Waals surface area (Å²) in [6.45, 7) is 0.0306. The van der Waals surface area contributed by atoms with Crippen LogP contribution < -0.4 is 4.74 Å². The van der Waals surface area contributed by atoms with Gasteiger partial charge in [-0.3, -0.25) is 0 Å². The normalized spacial score (nSPS) is 34.2. The Morgan fingerprint density at radius 1 is 1.06 bits per heavy atom. The molecule has 1 heterocycles. The Bertz CT molecular complexity index is 1150. The average Bonchev–Trinajstić information content (AvgIpc) is 2.84. The lowest BCUT2D eigenvalue weighted by Crippen LogP contribution is -2.76. The predicted molar refractivity (Wildman–Crippen MR) is 123 cm³/mol. The van der Waals surface area contributed by atoms with Gasteiger partial charge < -0.3 is 14.2 Å². The number of ether oxygens (including phenoxy) is 3. The average molecular weight is 478 g/mol. The van der Waals surface area contributed by atoms with Crippen LogP contribution in [0.4, 0.5) is 10.5 Å². The maximum Gasteiger partial charge on any atom is 0.514 e. The minimum absolute atomic E-state index is 0.0306. The van der Waals surface area contributed by atoms with Crippen molar-refractivity contribution >= 4 is 11.8 Å². The van der Waals surface area contributed by atoms with E-state index in [0.717, 1.165) is 48.6 Å². The summed E-state index contributed by atoms with van der Waals surface area (Å²) in [6, 6.07) is 14.0. The molecule has 5 fully saturated rings. The summed E-state index contributed by atoms with van der Waals surface area (Å²) in [7, 11) is 1.66. The van der Waals surface area contributed by atoms with Gasteiger partial charge in [-0.1, -0.05) is 41.5 Å². The van der Waals surface area contributed by atoms with Gasteiger partial charge in [0.25, 0.3) is 5.79 Å². The van der Waals surface area contributed by atoms with Gasteiger partial charge in [0.05, 0.1) is 0 Å². The maximum absolute atomic E-state index is 12.4. The summed E-state index contributed by atoms with van der Waals surface area (Å²) in [4.78, 5) is 26.9. The molecule has 0 aromatic heterocycles. The van der Waals surface area contributed by atoms with Crippen molar-refractivity contribution in [1.82, 2.24) is 0 Å². The number of hydrogen-bond donors (Lipinski definition) is 0. The first-order chi connectivity index (χ1) is 17.1. The highest BCUT2D eigenvalue weighted by molar-refractivity contribution is 5.64. The largest absolute Gasteiger partial charge is 0.514 e. The SMILES string of the molecule is COC1(c2cccc(OC(=O)OCc3ccc(N=[N+]=[N-])cc3)c2)OOC12C1CC3CC(C1)CC2C3. The molecule has 0 radical (unpaired) electrons. The number of azide groups is 1. The van der Waals surface area contributed by atoms with Crippen LogP contribution in [0, 0.1) is 23.7 Å². The molecule has 182 valence electrons. The van der Waals surface area contributed by atoms with Gasteiger partial charge in [-0.15, -0.1) is 0 Å². The maximum atomic E-state index is 12.4. The lowest BCUT2D eigenvalue weighted by Gasteiger charge is -2.68. The molecule has 9 nitrogen and oxygen atoms in total. The van der Waals surface area contributed by atoms with Crippen molar-refractivity contribution in [3.05, 3.63) is 70.1 Å². The minimum Gasteiger partial charge on any atom is -0.429 e. The summed E-state index contributed by atoms with van der Waals surface area (Å²) in [5, 5.41) is 3.52. The highest BCUT2D eigenvalue weighted by atomic mass is 17.3. The number of methoxy groups -OCH3 is 1. The second-order valence-electron chi connectivity index (χ2n) is 10.1. The fourth-order valence-electron chi connectivity index (χ4n) is 7.10. The van der Waals surface area contributed by atoms with Crippen LogP contribution in [0.25, 0.3) is 10.4 Å². The number of hydrogen-bond acceptors (Lipinski definition) is 7. The van der Waals surface area contributed by atoms with Gasteiger partial charge in [0.1, 0.15) is 12.4 Å². The van der Waals surface area contributed by atoms with E-state index in [9.17, 15) is 4.79 Å². The first-order valence-electron chi connectivity index (χ1n) is 12.1. The van der Waals surface area contributed by atoms with E-state index in [1.807, 2.05) is 12.1 Å². The van der Waals surface area contributed by atoms with Gasteiger partial charge in [-0.2, -0.15) is 4.89 Å². The van der Waals surface area contributed by atoms with E-state index in [1.165, 1.54) is 6.42 Å². The van der Waals surface area contributed by atoms with Crippen molar-refractivity contribution in [3.8, 4) is 5.75 Å². The molecule has 4 aliphatic carbocycles. The molecular formula is C26H27N3O6. The van der Waals surface area contributed by atoms with E-state index in [1.54, 1.807) is 43.5 Å². The van der Waals surface area contributed by atoms with E-state index in [0.29, 0.717) is 23.3 Å². The topological polar surface area (TPSA) is 112 Å². The zero-order chi connectivity index (χ0) is 24.0. The second-order valence-corrected chi connectivity index (χ2v) is 10.1. The van der Waals surface area contributed by atoms with Crippen molar-refractivity contribution in [2.75, 3.05) is 7.11 Å².